The Labute approximate surface area is 289 Å². The third kappa shape index (κ3) is 11.6. The van der Waals surface area contributed by atoms with Crippen molar-refractivity contribution in [2.75, 3.05) is 19.8 Å². The second-order valence-corrected chi connectivity index (χ2v) is 12.5. The Kier molecular flexibility index (Phi) is 14.9. The van der Waals surface area contributed by atoms with Crippen LogP contribution in [0.4, 0.5) is 0 Å². The summed E-state index contributed by atoms with van der Waals surface area (Å²) in [5, 5.41) is 13.8. The summed E-state index contributed by atoms with van der Waals surface area (Å²) < 4.78 is 5.98. The van der Waals surface area contributed by atoms with E-state index in [1.807, 2.05) is 97.2 Å². The van der Waals surface area contributed by atoms with Crippen LogP contribution in [0, 0.1) is 11.8 Å². The van der Waals surface area contributed by atoms with Gasteiger partial charge in [-0.1, -0.05) is 91.0 Å². The number of ether oxygens (including phenoxy) is 1. The molecule has 258 valence electrons. The Balaban J connectivity index is 1.50. The minimum absolute atomic E-state index is 0.0176. The fourth-order valence-electron chi connectivity index (χ4n) is 6.09. The lowest BCUT2D eigenvalue weighted by atomic mass is 9.94. The number of rotatable bonds is 21. The van der Waals surface area contributed by atoms with Crippen molar-refractivity contribution >= 4 is 28.7 Å². The van der Waals surface area contributed by atoms with E-state index in [-0.39, 0.29) is 56.3 Å². The quantitative estimate of drug-likeness (QED) is 0.0532. The van der Waals surface area contributed by atoms with Crippen LogP contribution in [0.15, 0.2) is 116 Å². The second-order valence-electron chi connectivity index (χ2n) is 12.5. The van der Waals surface area contributed by atoms with E-state index in [1.165, 1.54) is 0 Å². The van der Waals surface area contributed by atoms with E-state index < -0.39 is 12.0 Å². The highest BCUT2D eigenvalue weighted by atomic mass is 16.5. The first-order valence-electron chi connectivity index (χ1n) is 17.1. The molecule has 0 aliphatic carbocycles. The van der Waals surface area contributed by atoms with Crippen molar-refractivity contribution < 1.29 is 24.2 Å². The van der Waals surface area contributed by atoms with Crippen LogP contribution < -0.4 is 5.32 Å². The molecule has 1 heterocycles. The normalized spacial score (nSPS) is 12.8. The molecule has 0 fully saturated rings. The molecule has 0 unspecified atom stereocenters. The van der Waals surface area contributed by atoms with Crippen molar-refractivity contribution in [3.63, 3.8) is 0 Å². The van der Waals surface area contributed by atoms with Crippen molar-refractivity contribution in [3.8, 4) is 0 Å². The van der Waals surface area contributed by atoms with Gasteiger partial charge in [-0.15, -0.1) is 13.2 Å². The first-order valence-corrected chi connectivity index (χ1v) is 17.1. The van der Waals surface area contributed by atoms with Crippen LogP contribution in [0.1, 0.15) is 48.8 Å². The molecular weight excluding hydrogens is 614 g/mol. The number of carbonyl (C=O) groups is 3. The standard InChI is InChI=1S/C41H49N3O5/c1-3-5-8-20-34(25-31-16-9-6-10-17-31)41(48)49-30-36(26-35-28-42-38-22-14-13-21-37(35)38)43-40(47)33(15-4-2)27-39(46)44(23-24-45)29-32-18-11-7-12-19-32/h3-4,6-7,9-14,16-19,21-22,28,33-34,36,42,45H,1-2,5,8,15,20,23-27,29-30H2,(H,43,47)/t33-,34+,36-/m0/s1. The van der Waals surface area contributed by atoms with Crippen LogP contribution in [-0.2, 0) is 38.5 Å². The number of carbonyl (C=O) groups excluding carboxylic acids is 3. The molecular formula is C41H49N3O5. The lowest BCUT2D eigenvalue weighted by Gasteiger charge is -2.26. The van der Waals surface area contributed by atoms with Gasteiger partial charge in [0.1, 0.15) is 6.61 Å². The van der Waals surface area contributed by atoms with Crippen molar-refractivity contribution in [1.29, 1.82) is 0 Å². The molecule has 0 aliphatic rings. The van der Waals surface area contributed by atoms with Crippen LogP contribution in [0.3, 0.4) is 0 Å². The van der Waals surface area contributed by atoms with Gasteiger partial charge in [-0.3, -0.25) is 14.4 Å². The molecule has 0 bridgehead atoms. The lowest BCUT2D eigenvalue weighted by Crippen LogP contribution is -2.45. The average Bonchev–Trinajstić information content (AvgIpc) is 3.53. The summed E-state index contributed by atoms with van der Waals surface area (Å²) in [4.78, 5) is 45.8. The number of fused-ring (bicyclic) bond motifs is 1. The van der Waals surface area contributed by atoms with Crippen molar-refractivity contribution in [2.24, 2.45) is 11.8 Å². The fourth-order valence-corrected chi connectivity index (χ4v) is 6.09. The van der Waals surface area contributed by atoms with Crippen LogP contribution in [0.25, 0.3) is 10.9 Å². The Morgan fingerprint density at radius 3 is 2.27 bits per heavy atom. The van der Waals surface area contributed by atoms with Crippen molar-refractivity contribution in [2.45, 2.75) is 57.5 Å². The van der Waals surface area contributed by atoms with E-state index in [4.69, 9.17) is 4.74 Å². The Morgan fingerprint density at radius 1 is 0.878 bits per heavy atom. The van der Waals surface area contributed by atoms with Gasteiger partial charge in [-0.05, 0) is 61.3 Å². The molecule has 1 aromatic heterocycles. The molecule has 2 amide bonds. The molecule has 3 N–H and O–H groups in total. The first kappa shape index (κ1) is 36.9. The fraction of sp³-hybridized carbons (Fsp3) is 0.341. The number of aromatic nitrogens is 1. The highest BCUT2D eigenvalue weighted by Gasteiger charge is 2.28. The predicted octanol–water partition coefficient (Wildman–Crippen LogP) is 6.56. The summed E-state index contributed by atoms with van der Waals surface area (Å²) in [6, 6.07) is 26.8. The molecule has 0 saturated carbocycles. The summed E-state index contributed by atoms with van der Waals surface area (Å²) in [5.74, 6) is -1.87. The van der Waals surface area contributed by atoms with E-state index in [2.05, 4.69) is 23.5 Å². The number of allylic oxidation sites excluding steroid dienone is 2. The van der Waals surface area contributed by atoms with E-state index in [9.17, 15) is 19.5 Å². The summed E-state index contributed by atoms with van der Waals surface area (Å²) in [6.45, 7) is 7.93. The number of hydrogen-bond donors (Lipinski definition) is 3. The van der Waals surface area contributed by atoms with Gasteiger partial charge in [0.05, 0.1) is 24.5 Å². The number of para-hydroxylation sites is 1. The van der Waals surface area contributed by atoms with Crippen LogP contribution in [0.5, 0.6) is 0 Å². The van der Waals surface area contributed by atoms with Crippen molar-refractivity contribution in [1.82, 2.24) is 15.2 Å². The van der Waals surface area contributed by atoms with Gasteiger partial charge in [-0.2, -0.15) is 0 Å². The van der Waals surface area contributed by atoms with Gasteiger partial charge in [0.25, 0.3) is 0 Å². The van der Waals surface area contributed by atoms with E-state index in [0.717, 1.165) is 40.4 Å². The monoisotopic (exact) mass is 663 g/mol. The van der Waals surface area contributed by atoms with Gasteiger partial charge in [0.15, 0.2) is 0 Å². The molecule has 0 saturated heterocycles. The number of aliphatic hydroxyl groups is 1. The molecule has 8 nitrogen and oxygen atoms in total. The summed E-state index contributed by atoms with van der Waals surface area (Å²) in [5.41, 5.74) is 3.95. The number of esters is 1. The molecule has 3 aromatic carbocycles. The number of hydrogen-bond acceptors (Lipinski definition) is 5. The molecule has 8 heteroatoms. The maximum Gasteiger partial charge on any atom is 0.309 e. The zero-order chi connectivity index (χ0) is 34.8. The number of aromatic amines is 1. The van der Waals surface area contributed by atoms with E-state index in [1.54, 1.807) is 11.0 Å². The van der Waals surface area contributed by atoms with Gasteiger partial charge in [0.2, 0.25) is 11.8 Å². The van der Waals surface area contributed by atoms with Gasteiger partial charge in [0, 0.05) is 36.6 Å². The lowest BCUT2D eigenvalue weighted by molar-refractivity contribution is -0.150. The van der Waals surface area contributed by atoms with Crippen molar-refractivity contribution in [3.05, 3.63) is 133 Å². The average molecular weight is 664 g/mol. The molecule has 4 rings (SSSR count). The van der Waals surface area contributed by atoms with Gasteiger partial charge in [-0.25, -0.2) is 0 Å². The molecule has 0 aliphatic heterocycles. The Morgan fingerprint density at radius 2 is 1.57 bits per heavy atom. The summed E-state index contributed by atoms with van der Waals surface area (Å²) in [7, 11) is 0. The van der Waals surface area contributed by atoms with Crippen LogP contribution >= 0.6 is 0 Å². The summed E-state index contributed by atoms with van der Waals surface area (Å²) >= 11 is 0. The van der Waals surface area contributed by atoms with Crippen LogP contribution in [-0.4, -0.2) is 58.6 Å². The number of unbranched alkanes of at least 4 members (excludes halogenated alkanes) is 1. The SMILES string of the molecule is C=CCCC[C@H](Cc1ccccc1)C(=O)OC[C@H](Cc1c[nH]c2ccccc12)NC(=O)[C@@H](CC=C)CC(=O)N(CCO)Cc1ccccc1. The predicted molar refractivity (Wildman–Crippen MR) is 194 cm³/mol. The molecule has 0 radical (unpaired) electrons. The molecule has 49 heavy (non-hydrogen) atoms. The number of nitrogens with zero attached hydrogens (tertiary/aromatic N) is 1. The zero-order valence-corrected chi connectivity index (χ0v) is 28.3. The number of H-pyrrole nitrogens is 1. The highest BCUT2D eigenvalue weighted by molar-refractivity contribution is 5.86. The number of amides is 2. The third-order valence-electron chi connectivity index (χ3n) is 8.72. The third-order valence-corrected chi connectivity index (χ3v) is 8.72. The zero-order valence-electron chi connectivity index (χ0n) is 28.3. The first-order chi connectivity index (χ1) is 23.9. The largest absolute Gasteiger partial charge is 0.463 e. The highest BCUT2D eigenvalue weighted by Crippen LogP contribution is 2.22. The minimum Gasteiger partial charge on any atom is -0.463 e. The molecule has 4 aromatic rings. The topological polar surface area (TPSA) is 112 Å². The van der Waals surface area contributed by atoms with Gasteiger partial charge < -0.3 is 25.0 Å². The maximum atomic E-state index is 13.9. The maximum absolute atomic E-state index is 13.9. The Bertz CT molecular complexity index is 1630. The summed E-state index contributed by atoms with van der Waals surface area (Å²) in [6.07, 6.45) is 8.92. The van der Waals surface area contributed by atoms with Gasteiger partial charge >= 0.3 is 5.97 Å². The smallest absolute Gasteiger partial charge is 0.309 e. The number of aliphatic hydroxyl groups excluding tert-OH is 1. The molecule has 3 atom stereocenters. The van der Waals surface area contributed by atoms with Crippen LogP contribution in [0.2, 0.25) is 0 Å². The van der Waals surface area contributed by atoms with E-state index >= 15 is 0 Å². The number of benzene rings is 3. The Hall–Kier alpha value is -4.95. The van der Waals surface area contributed by atoms with E-state index in [0.29, 0.717) is 25.8 Å². The number of nitrogens with one attached hydrogen (secondary N) is 2. The minimum atomic E-state index is -0.687. The molecule has 0 spiro atoms. The second kappa shape index (κ2) is 19.8.